The van der Waals surface area contributed by atoms with E-state index in [0.717, 1.165) is 39.7 Å². The number of nitrogens with one attached hydrogen (secondary N) is 1. The smallest absolute Gasteiger partial charge is 0.135 e. The molecule has 8 aromatic rings. The molecule has 52 heavy (non-hydrogen) atoms. The lowest BCUT2D eigenvalue weighted by atomic mass is 9.92. The standard InChI is InChI=1S/C36H27NO.C12H10.C2H6/c1-3-7-25(8-4-1)27-11-17-31(18-12-27)37-32-19-13-28(14-20-32)30-16-22-36-34(24-30)33-23-29(15-21-35(33)38-36)26-9-5-2-6-10-26;1-3-7-11(8-4-1)12-9-5-2-6-10-12;1-2/h1-7,9-25,37H,8H2;1-10H;1-2H3. The Morgan fingerprint density at radius 3 is 1.33 bits per heavy atom. The van der Waals surface area contributed by atoms with Gasteiger partial charge in [-0.1, -0.05) is 166 Å². The maximum atomic E-state index is 6.15. The molecule has 2 nitrogen and oxygen atoms in total. The van der Waals surface area contributed by atoms with Gasteiger partial charge in [-0.15, -0.1) is 0 Å². The number of anilines is 2. The Bertz CT molecular complexity index is 2350. The molecule has 0 saturated heterocycles. The normalized spacial score (nSPS) is 13.2. The van der Waals surface area contributed by atoms with Crippen LogP contribution in [0.5, 0.6) is 0 Å². The van der Waals surface area contributed by atoms with Gasteiger partial charge in [0.25, 0.3) is 0 Å². The Labute approximate surface area is 307 Å². The van der Waals surface area contributed by atoms with Crippen LogP contribution in [0.1, 0.15) is 31.7 Å². The highest BCUT2D eigenvalue weighted by molar-refractivity contribution is 6.07. The van der Waals surface area contributed by atoms with Crippen LogP contribution in [0, 0.1) is 0 Å². The van der Waals surface area contributed by atoms with Gasteiger partial charge in [-0.3, -0.25) is 0 Å². The van der Waals surface area contributed by atoms with Gasteiger partial charge in [0.2, 0.25) is 0 Å². The van der Waals surface area contributed by atoms with E-state index < -0.39 is 0 Å². The third-order valence-corrected chi connectivity index (χ3v) is 9.28. The summed E-state index contributed by atoms with van der Waals surface area (Å²) in [6.45, 7) is 4.00. The molecule has 1 aliphatic carbocycles. The van der Waals surface area contributed by atoms with Crippen molar-refractivity contribution < 1.29 is 4.42 Å². The fraction of sp³-hybridized carbons (Fsp3) is 0.0800. The summed E-state index contributed by atoms with van der Waals surface area (Å²) in [4.78, 5) is 0. The Kier molecular flexibility index (Phi) is 10.8. The van der Waals surface area contributed by atoms with Gasteiger partial charge in [-0.2, -0.15) is 0 Å². The molecule has 1 N–H and O–H groups in total. The van der Waals surface area contributed by atoms with E-state index in [0.29, 0.717) is 5.92 Å². The molecule has 0 radical (unpaired) electrons. The van der Waals surface area contributed by atoms with Crippen molar-refractivity contribution >= 4 is 33.3 Å². The number of hydrogen-bond donors (Lipinski definition) is 1. The van der Waals surface area contributed by atoms with Crippen molar-refractivity contribution in [2.75, 3.05) is 5.32 Å². The van der Waals surface area contributed by atoms with Crippen LogP contribution in [0.4, 0.5) is 11.4 Å². The first-order chi connectivity index (χ1) is 25.8. The second-order valence-electron chi connectivity index (χ2n) is 12.6. The third kappa shape index (κ3) is 7.98. The zero-order valence-electron chi connectivity index (χ0n) is 29.7. The maximum absolute atomic E-state index is 6.15. The molecular formula is C50H43NO. The Morgan fingerprint density at radius 2 is 0.865 bits per heavy atom. The van der Waals surface area contributed by atoms with Crippen LogP contribution in [0.25, 0.3) is 55.3 Å². The van der Waals surface area contributed by atoms with E-state index in [1.54, 1.807) is 0 Å². The average Bonchev–Trinajstić information content (AvgIpc) is 3.61. The zero-order valence-corrected chi connectivity index (χ0v) is 29.7. The van der Waals surface area contributed by atoms with Gasteiger partial charge >= 0.3 is 0 Å². The van der Waals surface area contributed by atoms with E-state index in [1.165, 1.54) is 38.9 Å². The lowest BCUT2D eigenvalue weighted by molar-refractivity contribution is 0.669. The van der Waals surface area contributed by atoms with Crippen LogP contribution in [0.15, 0.2) is 205 Å². The predicted molar refractivity (Wildman–Crippen MR) is 223 cm³/mol. The van der Waals surface area contributed by atoms with Crippen molar-refractivity contribution in [3.05, 3.63) is 206 Å². The molecule has 1 atom stereocenters. The zero-order chi connectivity index (χ0) is 35.5. The second-order valence-corrected chi connectivity index (χ2v) is 12.6. The highest BCUT2D eigenvalue weighted by Crippen LogP contribution is 2.35. The van der Waals surface area contributed by atoms with Crippen LogP contribution in [-0.4, -0.2) is 0 Å². The molecule has 0 fully saturated rings. The summed E-state index contributed by atoms with van der Waals surface area (Å²) >= 11 is 0. The number of fused-ring (bicyclic) bond motifs is 3. The van der Waals surface area contributed by atoms with E-state index in [-0.39, 0.29) is 0 Å². The molecule has 1 aliphatic rings. The highest BCUT2D eigenvalue weighted by atomic mass is 16.3. The lowest BCUT2D eigenvalue weighted by Gasteiger charge is -2.14. The SMILES string of the molecule is C1=CCC(c2ccc(Nc3ccc(-c4ccc5oc6ccc(-c7ccccc7)cc6c5c4)cc3)cc2)C=C1.CC.c1ccc(-c2ccccc2)cc1. The van der Waals surface area contributed by atoms with E-state index >= 15 is 0 Å². The molecule has 1 aromatic heterocycles. The molecule has 0 saturated carbocycles. The molecule has 7 aromatic carbocycles. The van der Waals surface area contributed by atoms with E-state index in [2.05, 4.69) is 187 Å². The molecule has 0 amide bonds. The van der Waals surface area contributed by atoms with Gasteiger partial charge in [-0.25, -0.2) is 0 Å². The molecule has 1 unspecified atom stereocenters. The lowest BCUT2D eigenvalue weighted by Crippen LogP contribution is -1.97. The first-order valence-electron chi connectivity index (χ1n) is 18.2. The van der Waals surface area contributed by atoms with Crippen LogP contribution in [0.3, 0.4) is 0 Å². The molecule has 2 heteroatoms. The Balaban J connectivity index is 0.000000253. The number of furan rings is 1. The van der Waals surface area contributed by atoms with Crippen molar-refractivity contribution in [3.63, 3.8) is 0 Å². The Morgan fingerprint density at radius 1 is 0.442 bits per heavy atom. The van der Waals surface area contributed by atoms with Crippen molar-refractivity contribution in [2.45, 2.75) is 26.2 Å². The molecular weight excluding hydrogens is 631 g/mol. The first-order valence-corrected chi connectivity index (χ1v) is 18.2. The maximum Gasteiger partial charge on any atom is 0.135 e. The fourth-order valence-corrected chi connectivity index (χ4v) is 6.58. The number of hydrogen-bond acceptors (Lipinski definition) is 2. The summed E-state index contributed by atoms with van der Waals surface area (Å²) in [5.41, 5.74) is 12.7. The summed E-state index contributed by atoms with van der Waals surface area (Å²) in [5.74, 6) is 0.475. The van der Waals surface area contributed by atoms with Gasteiger partial charge in [0.1, 0.15) is 11.2 Å². The van der Waals surface area contributed by atoms with Crippen LogP contribution in [0.2, 0.25) is 0 Å². The fourth-order valence-electron chi connectivity index (χ4n) is 6.58. The number of rotatable bonds is 6. The summed E-state index contributed by atoms with van der Waals surface area (Å²) < 4.78 is 6.15. The summed E-state index contributed by atoms with van der Waals surface area (Å²) in [7, 11) is 0. The Hall–Kier alpha value is -6.38. The molecule has 0 aliphatic heterocycles. The summed E-state index contributed by atoms with van der Waals surface area (Å²) in [5, 5.41) is 5.82. The average molecular weight is 674 g/mol. The van der Waals surface area contributed by atoms with Gasteiger partial charge in [0, 0.05) is 28.1 Å². The minimum atomic E-state index is 0.475. The monoisotopic (exact) mass is 673 g/mol. The predicted octanol–water partition coefficient (Wildman–Crippen LogP) is 14.6. The molecule has 1 heterocycles. The van der Waals surface area contributed by atoms with Crippen LogP contribution in [-0.2, 0) is 0 Å². The second kappa shape index (κ2) is 16.6. The molecule has 9 rings (SSSR count). The topological polar surface area (TPSA) is 25.2 Å². The minimum Gasteiger partial charge on any atom is -0.456 e. The van der Waals surface area contributed by atoms with Gasteiger partial charge in [-0.05, 0) is 93.9 Å². The molecule has 254 valence electrons. The first kappa shape index (κ1) is 34.1. The number of allylic oxidation sites excluding steroid dienone is 4. The minimum absolute atomic E-state index is 0.475. The van der Waals surface area contributed by atoms with Crippen molar-refractivity contribution in [1.29, 1.82) is 0 Å². The molecule has 0 bridgehead atoms. The van der Waals surface area contributed by atoms with Gasteiger partial charge < -0.3 is 9.73 Å². The van der Waals surface area contributed by atoms with Gasteiger partial charge in [0.05, 0.1) is 0 Å². The largest absolute Gasteiger partial charge is 0.456 e. The highest BCUT2D eigenvalue weighted by Gasteiger charge is 2.11. The quantitative estimate of drug-likeness (QED) is 0.190. The number of benzene rings is 7. The van der Waals surface area contributed by atoms with Crippen molar-refractivity contribution in [2.24, 2.45) is 0 Å². The van der Waals surface area contributed by atoms with E-state index in [1.807, 2.05) is 32.0 Å². The molecule has 0 spiro atoms. The third-order valence-electron chi connectivity index (χ3n) is 9.28. The van der Waals surface area contributed by atoms with Crippen molar-refractivity contribution in [3.8, 4) is 33.4 Å². The summed E-state index contributed by atoms with van der Waals surface area (Å²) in [6, 6.07) is 61.6. The van der Waals surface area contributed by atoms with Crippen LogP contribution >= 0.6 is 0 Å². The van der Waals surface area contributed by atoms with Gasteiger partial charge in [0.15, 0.2) is 0 Å². The van der Waals surface area contributed by atoms with Crippen LogP contribution < -0.4 is 5.32 Å². The van der Waals surface area contributed by atoms with E-state index in [9.17, 15) is 0 Å². The van der Waals surface area contributed by atoms with E-state index in [4.69, 9.17) is 4.42 Å². The van der Waals surface area contributed by atoms with Crippen molar-refractivity contribution in [1.82, 2.24) is 0 Å². The summed E-state index contributed by atoms with van der Waals surface area (Å²) in [6.07, 6.45) is 9.82.